The third-order valence-corrected chi connectivity index (χ3v) is 3.03. The van der Waals surface area contributed by atoms with Crippen LogP contribution in [0.15, 0.2) is 12.1 Å². The Morgan fingerprint density at radius 1 is 1.06 bits per heavy atom. The lowest BCUT2D eigenvalue weighted by Gasteiger charge is -2.12. The van der Waals surface area contributed by atoms with Crippen LogP contribution in [0, 0.1) is 17.5 Å². The molecular formula is C12H14F3N. The number of nitrogens with one attached hydrogen (secondary N) is 1. The molecule has 4 heteroatoms. The van der Waals surface area contributed by atoms with Crippen molar-refractivity contribution in [2.45, 2.75) is 38.3 Å². The van der Waals surface area contributed by atoms with Crippen molar-refractivity contribution in [3.8, 4) is 0 Å². The molecule has 0 aromatic heterocycles. The van der Waals surface area contributed by atoms with E-state index >= 15 is 0 Å². The summed E-state index contributed by atoms with van der Waals surface area (Å²) in [5.74, 6) is -2.51. The lowest BCUT2D eigenvalue weighted by molar-refractivity contribution is 0.477. The Labute approximate surface area is 92.7 Å². The Balaban J connectivity index is 2.03. The smallest absolute Gasteiger partial charge is 0.133 e. The highest BCUT2D eigenvalue weighted by atomic mass is 19.1. The first-order chi connectivity index (χ1) is 7.66. The predicted molar refractivity (Wildman–Crippen MR) is 55.4 cm³/mol. The molecule has 0 unspecified atom stereocenters. The van der Waals surface area contributed by atoms with Crippen LogP contribution in [0.1, 0.15) is 31.2 Å². The van der Waals surface area contributed by atoms with Crippen molar-refractivity contribution in [3.63, 3.8) is 0 Å². The Morgan fingerprint density at radius 3 is 2.19 bits per heavy atom. The van der Waals surface area contributed by atoms with Gasteiger partial charge in [0.1, 0.15) is 17.5 Å². The van der Waals surface area contributed by atoms with Crippen LogP contribution in [-0.4, -0.2) is 6.04 Å². The average Bonchev–Trinajstić information content (AvgIpc) is 2.68. The van der Waals surface area contributed by atoms with Crippen LogP contribution in [0.25, 0.3) is 0 Å². The minimum atomic E-state index is -0.875. The summed E-state index contributed by atoms with van der Waals surface area (Å²) in [6.07, 6.45) is 4.41. The van der Waals surface area contributed by atoms with Crippen molar-refractivity contribution in [2.75, 3.05) is 0 Å². The maximum Gasteiger partial charge on any atom is 0.133 e. The van der Waals surface area contributed by atoms with E-state index in [1.807, 2.05) is 0 Å². The number of halogens is 3. The van der Waals surface area contributed by atoms with E-state index in [0.717, 1.165) is 37.8 Å². The number of hydrogen-bond acceptors (Lipinski definition) is 1. The summed E-state index contributed by atoms with van der Waals surface area (Å²) in [4.78, 5) is 0. The van der Waals surface area contributed by atoms with Gasteiger partial charge in [0.2, 0.25) is 0 Å². The first-order valence-corrected chi connectivity index (χ1v) is 5.53. The van der Waals surface area contributed by atoms with Crippen LogP contribution < -0.4 is 5.32 Å². The average molecular weight is 229 g/mol. The van der Waals surface area contributed by atoms with Gasteiger partial charge in [-0.05, 0) is 12.8 Å². The fraction of sp³-hybridized carbons (Fsp3) is 0.500. The van der Waals surface area contributed by atoms with Crippen molar-refractivity contribution in [2.24, 2.45) is 0 Å². The van der Waals surface area contributed by atoms with Crippen molar-refractivity contribution < 1.29 is 13.2 Å². The highest BCUT2D eigenvalue weighted by Gasteiger charge is 2.16. The molecule has 0 spiro atoms. The van der Waals surface area contributed by atoms with Gasteiger partial charge in [-0.2, -0.15) is 0 Å². The minimum absolute atomic E-state index is 0.0756. The summed E-state index contributed by atoms with van der Waals surface area (Å²) >= 11 is 0. The predicted octanol–water partition coefficient (Wildman–Crippen LogP) is 3.14. The van der Waals surface area contributed by atoms with E-state index in [0.29, 0.717) is 6.04 Å². The molecule has 0 saturated heterocycles. The zero-order valence-corrected chi connectivity index (χ0v) is 8.90. The summed E-state index contributed by atoms with van der Waals surface area (Å²) in [6.45, 7) is 0.128. The van der Waals surface area contributed by atoms with Gasteiger partial charge in [0.05, 0.1) is 0 Å². The molecule has 1 aromatic carbocycles. The summed E-state index contributed by atoms with van der Waals surface area (Å²) in [5, 5.41) is 3.10. The third kappa shape index (κ3) is 2.55. The largest absolute Gasteiger partial charge is 0.310 e. The van der Waals surface area contributed by atoms with E-state index in [4.69, 9.17) is 0 Å². The molecule has 2 rings (SSSR count). The maximum absolute atomic E-state index is 13.3. The van der Waals surface area contributed by atoms with Crippen molar-refractivity contribution in [3.05, 3.63) is 35.1 Å². The molecule has 0 aliphatic heterocycles. The summed E-state index contributed by atoms with van der Waals surface area (Å²) in [7, 11) is 0. The molecule has 1 saturated carbocycles. The van der Waals surface area contributed by atoms with Gasteiger partial charge in [-0.25, -0.2) is 13.2 Å². The lowest BCUT2D eigenvalue weighted by atomic mass is 10.1. The number of rotatable bonds is 3. The van der Waals surface area contributed by atoms with Gasteiger partial charge < -0.3 is 5.32 Å². The van der Waals surface area contributed by atoms with Gasteiger partial charge in [-0.15, -0.1) is 0 Å². The summed E-state index contributed by atoms with van der Waals surface area (Å²) < 4.78 is 39.2. The highest BCUT2D eigenvalue weighted by molar-refractivity contribution is 5.20. The van der Waals surface area contributed by atoms with Crippen molar-refractivity contribution in [1.82, 2.24) is 5.32 Å². The SMILES string of the molecule is Fc1cc(F)c(CNC2CCCC2)c(F)c1. The van der Waals surface area contributed by atoms with Crippen molar-refractivity contribution in [1.29, 1.82) is 0 Å². The molecule has 0 heterocycles. The Kier molecular flexibility index (Phi) is 3.49. The van der Waals surface area contributed by atoms with Crippen LogP contribution in [0.3, 0.4) is 0 Å². The van der Waals surface area contributed by atoms with E-state index in [2.05, 4.69) is 5.32 Å². The fourth-order valence-electron chi connectivity index (χ4n) is 2.12. The maximum atomic E-state index is 13.3. The normalized spacial score (nSPS) is 16.9. The zero-order chi connectivity index (χ0) is 11.5. The van der Waals surface area contributed by atoms with E-state index in [1.54, 1.807) is 0 Å². The lowest BCUT2D eigenvalue weighted by Crippen LogP contribution is -2.26. The molecule has 1 aliphatic rings. The number of hydrogen-bond donors (Lipinski definition) is 1. The van der Waals surface area contributed by atoms with Gasteiger partial charge in [0.25, 0.3) is 0 Å². The Bertz CT molecular complexity index is 350. The van der Waals surface area contributed by atoms with E-state index in [9.17, 15) is 13.2 Å². The standard InChI is InChI=1S/C12H14F3N/c13-8-5-11(14)10(12(15)6-8)7-16-9-3-1-2-4-9/h5-6,9,16H,1-4,7H2. The van der Waals surface area contributed by atoms with Gasteiger partial charge in [-0.1, -0.05) is 12.8 Å². The molecule has 1 aliphatic carbocycles. The van der Waals surface area contributed by atoms with Crippen LogP contribution in [-0.2, 0) is 6.54 Å². The van der Waals surface area contributed by atoms with Crippen molar-refractivity contribution >= 4 is 0 Å². The molecule has 16 heavy (non-hydrogen) atoms. The van der Waals surface area contributed by atoms with Crippen LogP contribution in [0.2, 0.25) is 0 Å². The molecule has 1 N–H and O–H groups in total. The first kappa shape index (κ1) is 11.5. The van der Waals surface area contributed by atoms with Gasteiger partial charge in [-0.3, -0.25) is 0 Å². The van der Waals surface area contributed by atoms with Gasteiger partial charge in [0, 0.05) is 30.3 Å². The summed E-state index contributed by atoms with van der Waals surface area (Å²) in [5.41, 5.74) is -0.0756. The Morgan fingerprint density at radius 2 is 1.62 bits per heavy atom. The molecular weight excluding hydrogens is 215 g/mol. The second-order valence-electron chi connectivity index (χ2n) is 4.21. The second kappa shape index (κ2) is 4.87. The molecule has 0 bridgehead atoms. The molecule has 0 atom stereocenters. The van der Waals surface area contributed by atoms with E-state index < -0.39 is 17.5 Å². The van der Waals surface area contributed by atoms with Crippen LogP contribution >= 0.6 is 0 Å². The van der Waals surface area contributed by atoms with Crippen LogP contribution in [0.4, 0.5) is 13.2 Å². The molecule has 1 fully saturated rings. The fourth-order valence-corrected chi connectivity index (χ4v) is 2.12. The van der Waals surface area contributed by atoms with Gasteiger partial charge >= 0.3 is 0 Å². The quantitative estimate of drug-likeness (QED) is 0.839. The topological polar surface area (TPSA) is 12.0 Å². The molecule has 0 radical (unpaired) electrons. The summed E-state index contributed by atoms with van der Waals surface area (Å²) in [6, 6.07) is 1.77. The zero-order valence-electron chi connectivity index (χ0n) is 8.90. The molecule has 0 amide bonds. The van der Waals surface area contributed by atoms with E-state index in [-0.39, 0.29) is 12.1 Å². The van der Waals surface area contributed by atoms with Gasteiger partial charge in [0.15, 0.2) is 0 Å². The highest BCUT2D eigenvalue weighted by Crippen LogP contribution is 2.19. The van der Waals surface area contributed by atoms with Crippen LogP contribution in [0.5, 0.6) is 0 Å². The third-order valence-electron chi connectivity index (χ3n) is 3.03. The monoisotopic (exact) mass is 229 g/mol. The molecule has 1 nitrogen and oxygen atoms in total. The first-order valence-electron chi connectivity index (χ1n) is 5.53. The minimum Gasteiger partial charge on any atom is -0.310 e. The second-order valence-corrected chi connectivity index (χ2v) is 4.21. The molecule has 88 valence electrons. The number of benzene rings is 1. The Hall–Kier alpha value is -1.03. The molecule has 1 aromatic rings. The van der Waals surface area contributed by atoms with E-state index in [1.165, 1.54) is 0 Å².